The van der Waals surface area contributed by atoms with Crippen LogP contribution in [-0.2, 0) is 0 Å². The third kappa shape index (κ3) is 2.31. The monoisotopic (exact) mass is 242 g/mol. The second-order valence-corrected chi connectivity index (χ2v) is 4.51. The first-order valence-corrected chi connectivity index (χ1v) is 5.52. The highest BCUT2D eigenvalue weighted by molar-refractivity contribution is 5.48. The summed E-state index contributed by atoms with van der Waals surface area (Å²) in [6, 6.07) is 1.16. The molecule has 0 aromatic carbocycles. The molecule has 0 radical (unpaired) electrons. The first-order valence-electron chi connectivity index (χ1n) is 5.52. The first-order chi connectivity index (χ1) is 7.99. The van der Waals surface area contributed by atoms with Gasteiger partial charge in [0.15, 0.2) is 23.3 Å². The number of anilines is 2. The van der Waals surface area contributed by atoms with E-state index in [1.807, 2.05) is 14.1 Å². The maximum absolute atomic E-state index is 13.6. The average Bonchev–Trinajstić information content (AvgIpc) is 2.72. The van der Waals surface area contributed by atoms with Gasteiger partial charge >= 0.3 is 0 Å². The first kappa shape index (κ1) is 12.0. The summed E-state index contributed by atoms with van der Waals surface area (Å²) in [6.07, 6.45) is 0.936. The van der Waals surface area contributed by atoms with Gasteiger partial charge < -0.3 is 15.5 Å². The summed E-state index contributed by atoms with van der Waals surface area (Å²) in [7, 11) is 3.97. The van der Waals surface area contributed by atoms with Gasteiger partial charge in [-0.05, 0) is 20.5 Å². The van der Waals surface area contributed by atoms with Crippen molar-refractivity contribution in [2.75, 3.05) is 37.8 Å². The van der Waals surface area contributed by atoms with Crippen LogP contribution in [0.5, 0.6) is 0 Å². The van der Waals surface area contributed by atoms with Crippen LogP contribution in [-0.4, -0.2) is 43.1 Å². The zero-order valence-corrected chi connectivity index (χ0v) is 9.95. The van der Waals surface area contributed by atoms with Gasteiger partial charge in [0, 0.05) is 25.2 Å². The van der Waals surface area contributed by atoms with Crippen molar-refractivity contribution in [3.05, 3.63) is 17.7 Å². The number of hydrogen-bond acceptors (Lipinski definition) is 4. The number of aromatic nitrogens is 1. The van der Waals surface area contributed by atoms with Gasteiger partial charge in [-0.2, -0.15) is 0 Å². The van der Waals surface area contributed by atoms with E-state index in [1.165, 1.54) is 0 Å². The summed E-state index contributed by atoms with van der Waals surface area (Å²) < 4.78 is 26.6. The lowest BCUT2D eigenvalue weighted by molar-refractivity contribution is 0.315. The third-order valence-electron chi connectivity index (χ3n) is 3.13. The van der Waals surface area contributed by atoms with Crippen LogP contribution in [0.3, 0.4) is 0 Å². The van der Waals surface area contributed by atoms with E-state index >= 15 is 0 Å². The van der Waals surface area contributed by atoms with Gasteiger partial charge in [0.25, 0.3) is 0 Å². The molecule has 94 valence electrons. The minimum Gasteiger partial charge on any atom is -0.381 e. The number of rotatable bonds is 2. The van der Waals surface area contributed by atoms with Crippen LogP contribution in [0.4, 0.5) is 20.4 Å². The third-order valence-corrected chi connectivity index (χ3v) is 3.13. The van der Waals surface area contributed by atoms with Crippen LogP contribution in [0, 0.1) is 11.6 Å². The Hall–Kier alpha value is -1.43. The Morgan fingerprint density at radius 1 is 1.41 bits per heavy atom. The van der Waals surface area contributed by atoms with Crippen LogP contribution in [0.2, 0.25) is 0 Å². The summed E-state index contributed by atoms with van der Waals surface area (Å²) in [4.78, 5) is 7.67. The molecular weight excluding hydrogens is 226 g/mol. The van der Waals surface area contributed by atoms with Crippen molar-refractivity contribution in [1.82, 2.24) is 9.88 Å². The van der Waals surface area contributed by atoms with Gasteiger partial charge in [0.2, 0.25) is 0 Å². The quantitative estimate of drug-likeness (QED) is 0.843. The normalized spacial score (nSPS) is 20.3. The highest BCUT2D eigenvalue weighted by atomic mass is 19.1. The van der Waals surface area contributed by atoms with Gasteiger partial charge in [0.1, 0.15) is 0 Å². The van der Waals surface area contributed by atoms with E-state index in [2.05, 4.69) is 9.88 Å². The summed E-state index contributed by atoms with van der Waals surface area (Å²) in [5.74, 6) is -1.58. The van der Waals surface area contributed by atoms with Gasteiger partial charge in [-0.3, -0.25) is 0 Å². The molecule has 1 aliphatic heterocycles. The van der Waals surface area contributed by atoms with Crippen LogP contribution in [0.15, 0.2) is 6.07 Å². The molecule has 2 N–H and O–H groups in total. The highest BCUT2D eigenvalue weighted by Crippen LogP contribution is 2.25. The summed E-state index contributed by atoms with van der Waals surface area (Å²) >= 11 is 0. The Morgan fingerprint density at radius 3 is 2.71 bits per heavy atom. The topological polar surface area (TPSA) is 45.4 Å². The van der Waals surface area contributed by atoms with E-state index < -0.39 is 11.6 Å². The molecule has 0 aliphatic carbocycles. The molecule has 4 nitrogen and oxygen atoms in total. The van der Waals surface area contributed by atoms with E-state index in [4.69, 9.17) is 5.73 Å². The van der Waals surface area contributed by atoms with E-state index in [0.717, 1.165) is 12.5 Å². The van der Waals surface area contributed by atoms with Gasteiger partial charge in [-0.25, -0.2) is 13.8 Å². The molecule has 0 saturated carbocycles. The zero-order chi connectivity index (χ0) is 12.6. The second kappa shape index (κ2) is 4.44. The molecular formula is C11H16F2N4. The van der Waals surface area contributed by atoms with Crippen molar-refractivity contribution >= 4 is 11.6 Å². The lowest BCUT2D eigenvalue weighted by Gasteiger charge is -2.21. The zero-order valence-electron chi connectivity index (χ0n) is 9.95. The highest BCUT2D eigenvalue weighted by Gasteiger charge is 2.27. The molecule has 1 fully saturated rings. The number of likely N-dealkylation sites (N-methyl/N-ethyl adjacent to an activating group) is 1. The van der Waals surface area contributed by atoms with E-state index in [1.54, 1.807) is 4.90 Å². The molecule has 6 heteroatoms. The minimum atomic E-state index is -0.811. The number of hydrogen-bond donors (Lipinski definition) is 1. The Balaban J connectivity index is 2.22. The molecule has 1 unspecified atom stereocenters. The second-order valence-electron chi connectivity index (χ2n) is 4.51. The van der Waals surface area contributed by atoms with Gasteiger partial charge in [-0.1, -0.05) is 0 Å². The minimum absolute atomic E-state index is 0.147. The number of nitrogens with two attached hydrogens (primary N) is 1. The van der Waals surface area contributed by atoms with Crippen molar-refractivity contribution in [3.63, 3.8) is 0 Å². The largest absolute Gasteiger partial charge is 0.381 e. The maximum Gasteiger partial charge on any atom is 0.168 e. The molecule has 17 heavy (non-hydrogen) atoms. The van der Waals surface area contributed by atoms with Crippen molar-refractivity contribution in [2.45, 2.75) is 12.5 Å². The standard InChI is InChI=1S/C11H16F2N4/c1-16(2)7-3-4-17(6-7)11-9(13)5-8(12)10(14)15-11/h5,7H,3-4,6H2,1-2H3,(H2,14,15). The van der Waals surface area contributed by atoms with Gasteiger partial charge in [-0.15, -0.1) is 0 Å². The van der Waals surface area contributed by atoms with Crippen molar-refractivity contribution in [3.8, 4) is 0 Å². The maximum atomic E-state index is 13.6. The summed E-state index contributed by atoms with van der Waals surface area (Å²) in [6.45, 7) is 1.39. The Morgan fingerprint density at radius 2 is 2.12 bits per heavy atom. The molecule has 0 spiro atoms. The number of pyridine rings is 1. The predicted octanol–water partition coefficient (Wildman–Crippen LogP) is 1.08. The molecule has 1 aromatic rings. The molecule has 0 amide bonds. The lowest BCUT2D eigenvalue weighted by atomic mass is 10.2. The summed E-state index contributed by atoms with van der Waals surface area (Å²) in [5, 5.41) is 0. The fourth-order valence-corrected chi connectivity index (χ4v) is 2.05. The van der Waals surface area contributed by atoms with Crippen molar-refractivity contribution < 1.29 is 8.78 Å². The van der Waals surface area contributed by atoms with Gasteiger partial charge in [0.05, 0.1) is 0 Å². The molecule has 1 saturated heterocycles. The van der Waals surface area contributed by atoms with E-state index in [-0.39, 0.29) is 11.6 Å². The SMILES string of the molecule is CN(C)C1CCN(c2nc(N)c(F)cc2F)C1. The van der Waals surface area contributed by atoms with Crippen molar-refractivity contribution in [2.24, 2.45) is 0 Å². The Labute approximate surface area is 99.0 Å². The van der Waals surface area contributed by atoms with E-state index in [9.17, 15) is 8.78 Å². The smallest absolute Gasteiger partial charge is 0.168 e. The number of halogens is 2. The molecule has 1 aliphatic rings. The summed E-state index contributed by atoms with van der Waals surface area (Å²) in [5.41, 5.74) is 5.36. The molecule has 0 bridgehead atoms. The lowest BCUT2D eigenvalue weighted by Crippen LogP contribution is -2.32. The van der Waals surface area contributed by atoms with Crippen LogP contribution >= 0.6 is 0 Å². The van der Waals surface area contributed by atoms with Crippen LogP contribution in [0.25, 0.3) is 0 Å². The van der Waals surface area contributed by atoms with E-state index in [0.29, 0.717) is 19.1 Å². The molecule has 1 aromatic heterocycles. The van der Waals surface area contributed by atoms with Crippen molar-refractivity contribution in [1.29, 1.82) is 0 Å². The number of nitrogens with zero attached hydrogens (tertiary/aromatic N) is 3. The molecule has 2 heterocycles. The molecule has 2 rings (SSSR count). The van der Waals surface area contributed by atoms with Crippen LogP contribution in [0.1, 0.15) is 6.42 Å². The van der Waals surface area contributed by atoms with Crippen LogP contribution < -0.4 is 10.6 Å². The predicted molar refractivity (Wildman–Crippen MR) is 62.9 cm³/mol. The Bertz CT molecular complexity index is 422. The average molecular weight is 242 g/mol. The fourth-order valence-electron chi connectivity index (χ4n) is 2.05. The number of nitrogen functional groups attached to an aromatic ring is 1. The fraction of sp³-hybridized carbons (Fsp3) is 0.545. The Kier molecular flexibility index (Phi) is 3.15. The molecule has 1 atom stereocenters.